The lowest BCUT2D eigenvalue weighted by atomic mass is 9.90. The number of piperidine rings is 1. The fourth-order valence-electron chi connectivity index (χ4n) is 5.59. The molecule has 4 unspecified atom stereocenters. The van der Waals surface area contributed by atoms with Gasteiger partial charge in [-0.25, -0.2) is 10.4 Å². The molecule has 10 heteroatoms. The second-order valence-electron chi connectivity index (χ2n) is 9.33. The van der Waals surface area contributed by atoms with E-state index in [2.05, 4.69) is 27.1 Å². The highest BCUT2D eigenvalue weighted by Gasteiger charge is 2.58. The maximum Gasteiger partial charge on any atom is 0.421 e. The summed E-state index contributed by atoms with van der Waals surface area (Å²) in [5, 5.41) is 27.8. The number of aryl methyl sites for hydroxylation is 1. The molecule has 5 rings (SSSR count). The molecular weight excluding hydrogens is 423 g/mol. The molecular formula is C22H26F3N5O2. The van der Waals surface area contributed by atoms with E-state index in [0.717, 1.165) is 19.3 Å². The highest BCUT2D eigenvalue weighted by Crippen LogP contribution is 2.48. The number of nitrogens with zero attached hydrogens (tertiary/aromatic N) is 2. The molecule has 2 saturated heterocycles. The first kappa shape index (κ1) is 21.5. The summed E-state index contributed by atoms with van der Waals surface area (Å²) in [6.07, 6.45) is -2.16. The number of fused-ring (bicyclic) bond motifs is 2. The van der Waals surface area contributed by atoms with Gasteiger partial charge in [-0.1, -0.05) is 6.07 Å². The number of hydrazine groups is 1. The van der Waals surface area contributed by atoms with Crippen LogP contribution in [0.1, 0.15) is 43.2 Å². The number of nitriles is 1. The Morgan fingerprint density at radius 2 is 2.12 bits per heavy atom. The summed E-state index contributed by atoms with van der Waals surface area (Å²) in [5.74, 6) is -0.0245. The van der Waals surface area contributed by atoms with Crippen LogP contribution in [0.2, 0.25) is 0 Å². The third-order valence-corrected chi connectivity index (χ3v) is 7.38. The number of carbonyl (C=O) groups excluding carboxylic acids is 1. The topological polar surface area (TPSA) is 100 Å². The first-order chi connectivity index (χ1) is 15.2. The molecule has 1 saturated carbocycles. The van der Waals surface area contributed by atoms with E-state index in [0.29, 0.717) is 30.1 Å². The van der Waals surface area contributed by atoms with Crippen LogP contribution in [-0.2, 0) is 16.8 Å². The Hall–Kier alpha value is -2.35. The Morgan fingerprint density at radius 3 is 2.81 bits per heavy atom. The van der Waals surface area contributed by atoms with Crippen LogP contribution in [-0.4, -0.2) is 47.0 Å². The number of halogens is 3. The summed E-state index contributed by atoms with van der Waals surface area (Å²) in [6.45, 7) is 0.573. The van der Waals surface area contributed by atoms with Gasteiger partial charge in [-0.3, -0.25) is 4.79 Å². The average Bonchev–Trinajstić information content (AvgIpc) is 3.44. The smallest absolute Gasteiger partial charge is 0.376 e. The first-order valence-corrected chi connectivity index (χ1v) is 11.1. The number of aliphatic hydroxyl groups is 1. The van der Waals surface area contributed by atoms with Crippen LogP contribution >= 0.6 is 0 Å². The van der Waals surface area contributed by atoms with Gasteiger partial charge in [-0.05, 0) is 61.3 Å². The van der Waals surface area contributed by atoms with E-state index in [4.69, 9.17) is 0 Å². The van der Waals surface area contributed by atoms with Crippen molar-refractivity contribution in [3.05, 3.63) is 29.3 Å². The van der Waals surface area contributed by atoms with Gasteiger partial charge in [0.25, 0.3) is 0 Å². The van der Waals surface area contributed by atoms with E-state index in [1.54, 1.807) is 6.07 Å². The Labute approximate surface area is 183 Å². The quantitative estimate of drug-likeness (QED) is 0.550. The molecule has 2 aliphatic heterocycles. The zero-order valence-corrected chi connectivity index (χ0v) is 17.5. The van der Waals surface area contributed by atoms with E-state index in [1.807, 2.05) is 0 Å². The highest BCUT2D eigenvalue weighted by molar-refractivity contribution is 5.82. The third kappa shape index (κ3) is 3.43. The summed E-state index contributed by atoms with van der Waals surface area (Å²) in [7, 11) is 0. The Bertz CT molecular complexity index is 960. The van der Waals surface area contributed by atoms with Crippen molar-refractivity contribution in [2.75, 3.05) is 11.9 Å². The zero-order valence-electron chi connectivity index (χ0n) is 17.5. The van der Waals surface area contributed by atoms with Crippen LogP contribution < -0.4 is 16.1 Å². The van der Waals surface area contributed by atoms with Crippen LogP contribution in [0.4, 0.5) is 18.9 Å². The number of amides is 1. The van der Waals surface area contributed by atoms with E-state index in [9.17, 15) is 28.3 Å². The molecule has 1 amide bonds. The maximum absolute atomic E-state index is 13.4. The van der Waals surface area contributed by atoms with Gasteiger partial charge >= 0.3 is 6.18 Å². The van der Waals surface area contributed by atoms with E-state index >= 15 is 0 Å². The van der Waals surface area contributed by atoms with Crippen LogP contribution in [0.15, 0.2) is 18.2 Å². The molecule has 0 bridgehead atoms. The lowest BCUT2D eigenvalue weighted by molar-refractivity contribution is -0.265. The zero-order chi connectivity index (χ0) is 22.7. The minimum Gasteiger partial charge on any atom is -0.376 e. The molecule has 0 spiro atoms. The van der Waals surface area contributed by atoms with Crippen molar-refractivity contribution >= 4 is 11.6 Å². The fraction of sp³-hybridized carbons (Fsp3) is 0.636. The van der Waals surface area contributed by atoms with Crippen molar-refractivity contribution in [1.29, 1.82) is 5.26 Å². The Morgan fingerprint density at radius 1 is 1.34 bits per heavy atom. The van der Waals surface area contributed by atoms with Crippen LogP contribution in [0.3, 0.4) is 0 Å². The van der Waals surface area contributed by atoms with Gasteiger partial charge in [0.1, 0.15) is 6.17 Å². The molecule has 3 fully saturated rings. The Balaban J connectivity index is 1.39. The lowest BCUT2D eigenvalue weighted by Crippen LogP contribution is -2.52. The summed E-state index contributed by atoms with van der Waals surface area (Å²) in [5.41, 5.74) is 1.54. The molecule has 7 nitrogen and oxygen atoms in total. The summed E-state index contributed by atoms with van der Waals surface area (Å²) in [6, 6.07) is 6.73. The van der Waals surface area contributed by atoms with Gasteiger partial charge in [-0.15, -0.1) is 0 Å². The average molecular weight is 449 g/mol. The number of rotatable bonds is 5. The monoisotopic (exact) mass is 449 g/mol. The van der Waals surface area contributed by atoms with E-state index < -0.39 is 24.4 Å². The standard InChI is InChI=1S/C22H26F3N5O2/c23-22(24,25)21(32)8-5-13-11-14(3-4-15(13)21)28-19-18-17(7-10-27-20(18)31)30(29-19)16(6-9-26)12-1-2-12/h3-4,11-12,16-19,28-29,32H,1-2,5-8,10H2,(H,27,31)/t16-,17?,18?,19?,21?/m0/s1. The van der Waals surface area contributed by atoms with Crippen LogP contribution in [0, 0.1) is 23.2 Å². The SMILES string of the molecule is N#CC[C@@H](C1CC1)N1NC(Nc2ccc3c(c2)CCC3(O)C(F)(F)F)C2C(=O)NCCC21. The Kier molecular flexibility index (Phi) is 5.11. The van der Waals surface area contributed by atoms with Crippen molar-refractivity contribution < 1.29 is 23.1 Å². The maximum atomic E-state index is 13.4. The van der Waals surface area contributed by atoms with Crippen LogP contribution in [0.25, 0.3) is 0 Å². The molecule has 172 valence electrons. The van der Waals surface area contributed by atoms with Gasteiger partial charge in [0.05, 0.1) is 18.4 Å². The predicted octanol–water partition coefficient (Wildman–Crippen LogP) is 2.14. The highest BCUT2D eigenvalue weighted by atomic mass is 19.4. The van der Waals surface area contributed by atoms with Crippen molar-refractivity contribution in [3.8, 4) is 6.07 Å². The summed E-state index contributed by atoms with van der Waals surface area (Å²) >= 11 is 0. The van der Waals surface area contributed by atoms with Crippen molar-refractivity contribution in [1.82, 2.24) is 15.8 Å². The first-order valence-electron chi connectivity index (χ1n) is 11.1. The molecule has 4 aliphatic rings. The molecule has 2 heterocycles. The van der Waals surface area contributed by atoms with Crippen LogP contribution in [0.5, 0.6) is 0 Å². The number of nitrogens with one attached hydrogen (secondary N) is 3. The number of hydrogen-bond acceptors (Lipinski definition) is 6. The molecule has 4 N–H and O–H groups in total. The second kappa shape index (κ2) is 7.61. The second-order valence-corrected chi connectivity index (χ2v) is 9.33. The van der Waals surface area contributed by atoms with E-state index in [-0.39, 0.29) is 35.9 Å². The fourth-order valence-corrected chi connectivity index (χ4v) is 5.59. The van der Waals surface area contributed by atoms with Gasteiger partial charge in [0.15, 0.2) is 5.60 Å². The van der Waals surface area contributed by atoms with Crippen molar-refractivity contribution in [3.63, 3.8) is 0 Å². The molecule has 0 radical (unpaired) electrons. The largest absolute Gasteiger partial charge is 0.421 e. The lowest BCUT2D eigenvalue weighted by Gasteiger charge is -2.34. The minimum atomic E-state index is -4.73. The van der Waals surface area contributed by atoms with Gasteiger partial charge in [0, 0.05) is 24.3 Å². The van der Waals surface area contributed by atoms with Gasteiger partial charge in [-0.2, -0.15) is 18.4 Å². The molecule has 5 atom stereocenters. The molecule has 32 heavy (non-hydrogen) atoms. The molecule has 0 aromatic heterocycles. The molecule has 2 aliphatic carbocycles. The van der Waals surface area contributed by atoms with Crippen molar-refractivity contribution in [2.24, 2.45) is 11.8 Å². The molecule has 1 aromatic carbocycles. The predicted molar refractivity (Wildman–Crippen MR) is 109 cm³/mol. The molecule has 1 aromatic rings. The summed E-state index contributed by atoms with van der Waals surface area (Å²) < 4.78 is 40.2. The van der Waals surface area contributed by atoms with Crippen molar-refractivity contribution in [2.45, 2.75) is 68.6 Å². The third-order valence-electron chi connectivity index (χ3n) is 7.38. The minimum absolute atomic E-state index is 0.0343. The van der Waals surface area contributed by atoms with Gasteiger partial charge in [0.2, 0.25) is 5.91 Å². The van der Waals surface area contributed by atoms with Gasteiger partial charge < -0.3 is 15.7 Å². The number of alkyl halides is 3. The normalized spacial score (nSPS) is 33.2. The van der Waals surface area contributed by atoms with E-state index in [1.165, 1.54) is 12.1 Å². The number of benzene rings is 1. The number of carbonyl (C=O) groups is 1. The summed E-state index contributed by atoms with van der Waals surface area (Å²) in [4.78, 5) is 12.7. The number of anilines is 1. The number of hydrogen-bond donors (Lipinski definition) is 4.